The van der Waals surface area contributed by atoms with E-state index in [1.54, 1.807) is 17.0 Å². The first kappa shape index (κ1) is 21.1. The molecule has 5 rings (SSSR count). The van der Waals surface area contributed by atoms with E-state index in [9.17, 15) is 13.2 Å². The standard InChI is InChI=1S/C22H27N5O4S/c1-5-18-17(14(3)31-24-18)12-26-20(28)16-10-15(32(29,30)25-22(4)8-9-22)6-7-19(16)27-13(2)11-23-21(26)27/h6-7,10,13,25H,5,8-9,11-12H2,1-4H3/t13-/m1/s1. The van der Waals surface area contributed by atoms with Gasteiger partial charge in [0.15, 0.2) is 0 Å². The molecule has 1 amide bonds. The van der Waals surface area contributed by atoms with Crippen molar-refractivity contribution < 1.29 is 17.7 Å². The third-order valence-corrected chi connectivity index (χ3v) is 8.14. The monoisotopic (exact) mass is 457 g/mol. The van der Waals surface area contributed by atoms with E-state index in [-0.39, 0.29) is 23.4 Å². The van der Waals surface area contributed by atoms with Gasteiger partial charge in [0.2, 0.25) is 16.0 Å². The van der Waals surface area contributed by atoms with Crippen LogP contribution in [0.25, 0.3) is 0 Å². The number of hydrogen-bond acceptors (Lipinski definition) is 7. The minimum absolute atomic E-state index is 0.0551. The van der Waals surface area contributed by atoms with Crippen LogP contribution in [-0.2, 0) is 23.0 Å². The van der Waals surface area contributed by atoms with E-state index in [0.717, 1.165) is 24.1 Å². The largest absolute Gasteiger partial charge is 0.361 e. The van der Waals surface area contributed by atoms with Gasteiger partial charge < -0.3 is 9.42 Å². The number of benzene rings is 1. The van der Waals surface area contributed by atoms with E-state index in [1.165, 1.54) is 6.07 Å². The summed E-state index contributed by atoms with van der Waals surface area (Å²) in [5.41, 5.74) is 2.31. The normalized spacial score (nSPS) is 21.4. The van der Waals surface area contributed by atoms with Crippen molar-refractivity contribution in [1.29, 1.82) is 0 Å². The summed E-state index contributed by atoms with van der Waals surface area (Å²) in [6.45, 7) is 8.57. The second-order valence-corrected chi connectivity index (χ2v) is 10.8. The Morgan fingerprint density at radius 1 is 1.31 bits per heavy atom. The lowest BCUT2D eigenvalue weighted by Crippen LogP contribution is -2.52. The number of sulfonamides is 1. The Balaban J connectivity index is 1.56. The summed E-state index contributed by atoms with van der Waals surface area (Å²) in [6, 6.07) is 4.83. The number of nitrogens with one attached hydrogen (secondary N) is 1. The van der Waals surface area contributed by atoms with Crippen molar-refractivity contribution in [2.24, 2.45) is 4.99 Å². The molecular weight excluding hydrogens is 430 g/mol. The van der Waals surface area contributed by atoms with Crippen LogP contribution >= 0.6 is 0 Å². The lowest BCUT2D eigenvalue weighted by atomic mass is 10.0. The van der Waals surface area contributed by atoms with Crippen LogP contribution in [0.3, 0.4) is 0 Å². The maximum Gasteiger partial charge on any atom is 0.263 e. The van der Waals surface area contributed by atoms with Crippen molar-refractivity contribution in [2.45, 2.75) is 70.0 Å². The number of carbonyl (C=O) groups is 1. The van der Waals surface area contributed by atoms with Gasteiger partial charge in [0.25, 0.3) is 5.91 Å². The number of anilines is 1. The van der Waals surface area contributed by atoms with Gasteiger partial charge in [-0.15, -0.1) is 0 Å². The van der Waals surface area contributed by atoms with Crippen molar-refractivity contribution in [2.75, 3.05) is 11.4 Å². The van der Waals surface area contributed by atoms with Gasteiger partial charge in [-0.05, 0) is 58.2 Å². The van der Waals surface area contributed by atoms with Crippen LogP contribution < -0.4 is 9.62 Å². The number of aliphatic imine (C=N–C) groups is 1. The van der Waals surface area contributed by atoms with Crippen molar-refractivity contribution in [3.05, 3.63) is 40.8 Å². The molecule has 0 bridgehead atoms. The second-order valence-electron chi connectivity index (χ2n) is 9.11. The number of guanidine groups is 1. The van der Waals surface area contributed by atoms with Crippen LogP contribution in [0.4, 0.5) is 5.69 Å². The number of rotatable bonds is 6. The molecule has 1 fully saturated rings. The molecule has 1 atom stereocenters. The molecule has 10 heteroatoms. The van der Waals surface area contributed by atoms with Crippen LogP contribution in [0.5, 0.6) is 0 Å². The number of aryl methyl sites for hydroxylation is 2. The zero-order chi connectivity index (χ0) is 22.8. The van der Waals surface area contributed by atoms with Gasteiger partial charge in [-0.2, -0.15) is 0 Å². The molecule has 1 aromatic heterocycles. The molecule has 3 heterocycles. The van der Waals surface area contributed by atoms with E-state index in [1.807, 2.05) is 32.6 Å². The van der Waals surface area contributed by atoms with Crippen LogP contribution in [0.1, 0.15) is 61.0 Å². The lowest BCUT2D eigenvalue weighted by molar-refractivity contribution is 0.0832. The molecule has 1 aliphatic carbocycles. The molecule has 1 aromatic carbocycles. The predicted octanol–water partition coefficient (Wildman–Crippen LogP) is 2.60. The molecular formula is C22H27N5O4S. The number of carbonyl (C=O) groups excluding carboxylic acids is 1. The highest BCUT2D eigenvalue weighted by atomic mass is 32.2. The molecule has 0 saturated heterocycles. The van der Waals surface area contributed by atoms with Crippen LogP contribution in [0.2, 0.25) is 0 Å². The van der Waals surface area contributed by atoms with E-state index < -0.39 is 15.6 Å². The number of aromatic nitrogens is 1. The summed E-state index contributed by atoms with van der Waals surface area (Å²) in [7, 11) is -3.73. The molecule has 9 nitrogen and oxygen atoms in total. The zero-order valence-electron chi connectivity index (χ0n) is 18.7. The Morgan fingerprint density at radius 2 is 2.06 bits per heavy atom. The van der Waals surface area contributed by atoms with E-state index in [2.05, 4.69) is 14.9 Å². The fourth-order valence-electron chi connectivity index (χ4n) is 4.32. The molecule has 32 heavy (non-hydrogen) atoms. The Kier molecular flexibility index (Phi) is 4.72. The molecule has 2 aliphatic heterocycles. The molecule has 0 spiro atoms. The highest BCUT2D eigenvalue weighted by Crippen LogP contribution is 2.38. The molecule has 1 saturated carbocycles. The fourth-order valence-corrected chi connectivity index (χ4v) is 5.81. The molecule has 3 aliphatic rings. The Labute approximate surface area is 187 Å². The summed E-state index contributed by atoms with van der Waals surface area (Å²) in [6.07, 6.45) is 2.31. The minimum Gasteiger partial charge on any atom is -0.361 e. The van der Waals surface area contributed by atoms with Gasteiger partial charge in [-0.25, -0.2) is 13.1 Å². The van der Waals surface area contributed by atoms with E-state index in [4.69, 9.17) is 4.52 Å². The third kappa shape index (κ3) is 3.32. The van der Waals surface area contributed by atoms with Crippen LogP contribution in [-0.4, -0.2) is 48.5 Å². The maximum absolute atomic E-state index is 13.6. The molecule has 0 unspecified atom stereocenters. The summed E-state index contributed by atoms with van der Waals surface area (Å²) >= 11 is 0. The van der Waals surface area contributed by atoms with Crippen molar-refractivity contribution in [3.8, 4) is 0 Å². The van der Waals surface area contributed by atoms with E-state index >= 15 is 0 Å². The van der Waals surface area contributed by atoms with Crippen molar-refractivity contribution in [1.82, 2.24) is 14.8 Å². The highest BCUT2D eigenvalue weighted by Gasteiger charge is 2.43. The third-order valence-electron chi connectivity index (χ3n) is 6.51. The fraction of sp³-hybridized carbons (Fsp3) is 0.500. The SMILES string of the molecule is CCc1noc(C)c1CN1C(=O)c2cc(S(=O)(=O)NC3(C)CC3)ccc2N2C1=NC[C@H]2C. The second kappa shape index (κ2) is 7.14. The summed E-state index contributed by atoms with van der Waals surface area (Å²) < 4.78 is 34.0. The van der Waals surface area contributed by atoms with Gasteiger partial charge in [0.1, 0.15) is 5.76 Å². The number of nitrogens with zero attached hydrogens (tertiary/aromatic N) is 4. The topological polar surface area (TPSA) is 108 Å². The lowest BCUT2D eigenvalue weighted by Gasteiger charge is -2.38. The predicted molar refractivity (Wildman–Crippen MR) is 119 cm³/mol. The smallest absolute Gasteiger partial charge is 0.263 e. The summed E-state index contributed by atoms with van der Waals surface area (Å²) in [5.74, 6) is 0.968. The molecule has 170 valence electrons. The average molecular weight is 458 g/mol. The number of fused-ring (bicyclic) bond motifs is 3. The minimum atomic E-state index is -3.73. The van der Waals surface area contributed by atoms with Gasteiger partial charge in [-0.1, -0.05) is 12.1 Å². The highest BCUT2D eigenvalue weighted by molar-refractivity contribution is 7.89. The van der Waals surface area contributed by atoms with Gasteiger partial charge in [0.05, 0.1) is 41.0 Å². The Hall–Kier alpha value is -2.72. The van der Waals surface area contributed by atoms with Gasteiger partial charge in [0, 0.05) is 11.1 Å². The summed E-state index contributed by atoms with van der Waals surface area (Å²) in [5, 5.41) is 4.10. The molecule has 2 aromatic rings. The van der Waals surface area contributed by atoms with Crippen LogP contribution in [0, 0.1) is 6.92 Å². The van der Waals surface area contributed by atoms with Gasteiger partial charge in [-0.3, -0.25) is 14.7 Å². The average Bonchev–Trinajstić information content (AvgIpc) is 3.17. The maximum atomic E-state index is 13.6. The first-order chi connectivity index (χ1) is 15.1. The molecule has 0 radical (unpaired) electrons. The van der Waals surface area contributed by atoms with Crippen molar-refractivity contribution >= 4 is 27.6 Å². The number of amides is 1. The first-order valence-corrected chi connectivity index (χ1v) is 12.4. The summed E-state index contributed by atoms with van der Waals surface area (Å²) in [4.78, 5) is 22.0. The van der Waals surface area contributed by atoms with E-state index in [0.29, 0.717) is 35.9 Å². The van der Waals surface area contributed by atoms with Crippen LogP contribution in [0.15, 0.2) is 32.6 Å². The van der Waals surface area contributed by atoms with Gasteiger partial charge >= 0.3 is 0 Å². The molecule has 1 N–H and O–H groups in total. The first-order valence-electron chi connectivity index (χ1n) is 10.9. The Morgan fingerprint density at radius 3 is 2.75 bits per heavy atom. The Bertz CT molecular complexity index is 1250. The number of hydrogen-bond donors (Lipinski definition) is 1. The van der Waals surface area contributed by atoms with Crippen molar-refractivity contribution in [3.63, 3.8) is 0 Å². The zero-order valence-corrected chi connectivity index (χ0v) is 19.5. The quantitative estimate of drug-likeness (QED) is 0.714.